The molecule has 5 rings (SSSR count). The largest absolute Gasteiger partial charge is 0.477 e. The summed E-state index contributed by atoms with van der Waals surface area (Å²) in [4.78, 5) is 31.6. The third kappa shape index (κ3) is 4.12. The van der Waals surface area contributed by atoms with Crippen molar-refractivity contribution in [3.63, 3.8) is 0 Å². The molecule has 0 radical (unpaired) electrons. The Morgan fingerprint density at radius 2 is 2.03 bits per heavy atom. The fraction of sp³-hybridized carbons (Fsp3) is 0.333. The normalized spacial score (nSPS) is 14.3. The molecule has 2 N–H and O–H groups in total. The van der Waals surface area contributed by atoms with Crippen molar-refractivity contribution >= 4 is 33.9 Å². The maximum absolute atomic E-state index is 11.9. The van der Waals surface area contributed by atoms with Gasteiger partial charge in [0.1, 0.15) is 16.9 Å². The standard InChI is InChI=1S/C24H25N5O4/c1-32-11-3-4-15-14-19(23(30)31)26-22-20(15)27-24(29-9-12-33-13-10-29)28-21(22)17-5-2-6-18-16(17)7-8-25-18/h2,5-8,14,25H,3-4,9-13H2,1H3,(H,30,31). The van der Waals surface area contributed by atoms with Gasteiger partial charge in [0.15, 0.2) is 0 Å². The van der Waals surface area contributed by atoms with Crippen molar-refractivity contribution < 1.29 is 19.4 Å². The van der Waals surface area contributed by atoms with E-state index in [1.54, 1.807) is 13.2 Å². The van der Waals surface area contributed by atoms with Crippen LogP contribution in [0.1, 0.15) is 22.5 Å². The summed E-state index contributed by atoms with van der Waals surface area (Å²) in [6, 6.07) is 9.56. The number of aromatic nitrogens is 4. The minimum Gasteiger partial charge on any atom is -0.477 e. The molecule has 0 aliphatic carbocycles. The van der Waals surface area contributed by atoms with Crippen molar-refractivity contribution in [2.75, 3.05) is 44.9 Å². The molecule has 3 aromatic heterocycles. The second-order valence-electron chi connectivity index (χ2n) is 7.98. The lowest BCUT2D eigenvalue weighted by Gasteiger charge is -2.27. The molecule has 33 heavy (non-hydrogen) atoms. The number of benzene rings is 1. The Morgan fingerprint density at radius 3 is 2.82 bits per heavy atom. The lowest BCUT2D eigenvalue weighted by atomic mass is 10.0. The van der Waals surface area contributed by atoms with Crippen LogP contribution in [-0.4, -0.2) is 71.0 Å². The number of methoxy groups -OCH3 is 1. The van der Waals surface area contributed by atoms with E-state index in [2.05, 4.69) is 14.9 Å². The highest BCUT2D eigenvalue weighted by Gasteiger charge is 2.22. The molecule has 0 atom stereocenters. The van der Waals surface area contributed by atoms with Crippen LogP contribution in [0.2, 0.25) is 0 Å². The van der Waals surface area contributed by atoms with E-state index < -0.39 is 5.97 Å². The third-order valence-corrected chi connectivity index (χ3v) is 5.88. The van der Waals surface area contributed by atoms with Crippen LogP contribution in [0.15, 0.2) is 36.5 Å². The number of fused-ring (bicyclic) bond motifs is 2. The number of nitrogens with one attached hydrogen (secondary N) is 1. The zero-order valence-corrected chi connectivity index (χ0v) is 18.4. The van der Waals surface area contributed by atoms with E-state index in [9.17, 15) is 9.90 Å². The fourth-order valence-electron chi connectivity index (χ4n) is 4.25. The lowest BCUT2D eigenvalue weighted by Crippen LogP contribution is -2.37. The molecule has 1 saturated heterocycles. The molecular weight excluding hydrogens is 422 g/mol. The van der Waals surface area contributed by atoms with Gasteiger partial charge in [-0.25, -0.2) is 19.7 Å². The summed E-state index contributed by atoms with van der Waals surface area (Å²) < 4.78 is 10.7. The van der Waals surface area contributed by atoms with Crippen molar-refractivity contribution in [3.05, 3.63) is 47.8 Å². The van der Waals surface area contributed by atoms with Gasteiger partial charge in [0.25, 0.3) is 0 Å². The average molecular weight is 447 g/mol. The summed E-state index contributed by atoms with van der Waals surface area (Å²) in [5, 5.41) is 10.7. The highest BCUT2D eigenvalue weighted by Crippen LogP contribution is 2.34. The van der Waals surface area contributed by atoms with Crippen LogP contribution in [-0.2, 0) is 15.9 Å². The monoisotopic (exact) mass is 447 g/mol. The number of hydrogen-bond donors (Lipinski definition) is 2. The molecule has 4 aromatic rings. The van der Waals surface area contributed by atoms with Gasteiger partial charge < -0.3 is 24.5 Å². The number of morpholine rings is 1. The van der Waals surface area contributed by atoms with Gasteiger partial charge >= 0.3 is 5.97 Å². The number of aromatic carboxylic acids is 1. The first-order valence-electron chi connectivity index (χ1n) is 11.0. The Labute approximate surface area is 190 Å². The van der Waals surface area contributed by atoms with Crippen LogP contribution in [0.3, 0.4) is 0 Å². The van der Waals surface area contributed by atoms with Crippen molar-refractivity contribution in [3.8, 4) is 11.3 Å². The molecule has 0 saturated carbocycles. The molecule has 1 aliphatic heterocycles. The second-order valence-corrected chi connectivity index (χ2v) is 7.98. The number of carboxylic acid groups (broad SMARTS) is 1. The van der Waals surface area contributed by atoms with Gasteiger partial charge in [0, 0.05) is 49.5 Å². The molecular formula is C24H25N5O4. The number of hydrogen-bond acceptors (Lipinski definition) is 7. The molecule has 1 aliphatic rings. The maximum atomic E-state index is 11.9. The van der Waals surface area contributed by atoms with Gasteiger partial charge in [0.2, 0.25) is 5.95 Å². The van der Waals surface area contributed by atoms with Gasteiger partial charge in [-0.2, -0.15) is 0 Å². The lowest BCUT2D eigenvalue weighted by molar-refractivity contribution is 0.0691. The number of nitrogens with zero attached hydrogens (tertiary/aromatic N) is 4. The number of pyridine rings is 1. The predicted molar refractivity (Wildman–Crippen MR) is 125 cm³/mol. The van der Waals surface area contributed by atoms with E-state index in [0.717, 1.165) is 28.5 Å². The summed E-state index contributed by atoms with van der Waals surface area (Å²) in [6.07, 6.45) is 3.25. The first-order chi connectivity index (χ1) is 16.2. The Kier molecular flexibility index (Phi) is 5.89. The van der Waals surface area contributed by atoms with Crippen LogP contribution >= 0.6 is 0 Å². The molecule has 170 valence electrons. The quantitative estimate of drug-likeness (QED) is 0.415. The van der Waals surface area contributed by atoms with Crippen LogP contribution in [0.5, 0.6) is 0 Å². The molecule has 0 unspecified atom stereocenters. The zero-order chi connectivity index (χ0) is 22.8. The van der Waals surface area contributed by atoms with Gasteiger partial charge in [-0.3, -0.25) is 0 Å². The van der Waals surface area contributed by atoms with Gasteiger partial charge in [-0.1, -0.05) is 12.1 Å². The smallest absolute Gasteiger partial charge is 0.354 e. The third-order valence-electron chi connectivity index (χ3n) is 5.88. The van der Waals surface area contributed by atoms with E-state index in [4.69, 9.17) is 19.4 Å². The molecule has 9 heteroatoms. The molecule has 0 bridgehead atoms. The van der Waals surface area contributed by atoms with Gasteiger partial charge in [0.05, 0.1) is 18.7 Å². The highest BCUT2D eigenvalue weighted by molar-refractivity contribution is 6.03. The topological polar surface area (TPSA) is 113 Å². The number of aromatic amines is 1. The summed E-state index contributed by atoms with van der Waals surface area (Å²) in [5.41, 5.74) is 4.47. The van der Waals surface area contributed by atoms with E-state index in [1.165, 1.54) is 0 Å². The van der Waals surface area contributed by atoms with Crippen LogP contribution in [0.25, 0.3) is 33.2 Å². The van der Waals surface area contributed by atoms with Gasteiger partial charge in [-0.15, -0.1) is 0 Å². The van der Waals surface area contributed by atoms with Crippen molar-refractivity contribution in [1.29, 1.82) is 0 Å². The van der Waals surface area contributed by atoms with E-state index >= 15 is 0 Å². The summed E-state index contributed by atoms with van der Waals surface area (Å²) in [6.45, 7) is 3.18. The molecule has 4 heterocycles. The minimum atomic E-state index is -1.08. The number of carbonyl (C=O) groups is 1. The minimum absolute atomic E-state index is 0.0138. The molecule has 1 aromatic carbocycles. The maximum Gasteiger partial charge on any atom is 0.354 e. The first kappa shape index (κ1) is 21.3. The fourth-order valence-corrected chi connectivity index (χ4v) is 4.25. The number of rotatable bonds is 7. The van der Waals surface area contributed by atoms with Gasteiger partial charge in [-0.05, 0) is 36.6 Å². The molecule has 0 amide bonds. The Bertz CT molecular complexity index is 1310. The van der Waals surface area contributed by atoms with E-state index in [1.807, 2.05) is 30.5 Å². The summed E-state index contributed by atoms with van der Waals surface area (Å²) >= 11 is 0. The number of carboxylic acids is 1. The van der Waals surface area contributed by atoms with Crippen LogP contribution < -0.4 is 4.90 Å². The Hall–Kier alpha value is -3.56. The summed E-state index contributed by atoms with van der Waals surface area (Å²) in [5.74, 6) is -0.473. The van der Waals surface area contributed by atoms with E-state index in [-0.39, 0.29) is 5.69 Å². The number of anilines is 1. The Morgan fingerprint density at radius 1 is 1.18 bits per heavy atom. The SMILES string of the molecule is COCCCc1cc(C(=O)O)nc2c(-c3cccc4[nH]ccc34)nc(N3CCOCC3)nc12. The van der Waals surface area contributed by atoms with Crippen LogP contribution in [0.4, 0.5) is 5.95 Å². The van der Waals surface area contributed by atoms with E-state index in [0.29, 0.717) is 62.0 Å². The van der Waals surface area contributed by atoms with Crippen molar-refractivity contribution in [1.82, 2.24) is 19.9 Å². The average Bonchev–Trinajstić information content (AvgIpc) is 3.33. The molecule has 1 fully saturated rings. The number of ether oxygens (including phenoxy) is 2. The highest BCUT2D eigenvalue weighted by atomic mass is 16.5. The number of H-pyrrole nitrogens is 1. The Balaban J connectivity index is 1.78. The first-order valence-corrected chi connectivity index (χ1v) is 11.0. The van der Waals surface area contributed by atoms with Crippen LogP contribution in [0, 0.1) is 0 Å². The van der Waals surface area contributed by atoms with Crippen molar-refractivity contribution in [2.45, 2.75) is 12.8 Å². The second kappa shape index (κ2) is 9.13. The van der Waals surface area contributed by atoms with Crippen molar-refractivity contribution in [2.24, 2.45) is 0 Å². The molecule has 0 spiro atoms. The zero-order valence-electron chi connectivity index (χ0n) is 18.4. The number of aryl methyl sites for hydroxylation is 1. The predicted octanol–water partition coefficient (Wildman–Crippen LogP) is 3.29. The summed E-state index contributed by atoms with van der Waals surface area (Å²) in [7, 11) is 1.65. The molecule has 9 nitrogen and oxygen atoms in total.